The van der Waals surface area contributed by atoms with Gasteiger partial charge in [0.05, 0.1) is 6.54 Å². The summed E-state index contributed by atoms with van der Waals surface area (Å²) in [5, 5.41) is 0. The standard InChI is InChI=1S/C15H27N3O2/c1-3-17(4-2)15(20)12-16-10-7-13(8-11-16)18-9-5-6-14(18)19/h13H,3-12H2,1-2H3. The Morgan fingerprint density at radius 1 is 1.20 bits per heavy atom. The molecule has 2 fully saturated rings. The highest BCUT2D eigenvalue weighted by Gasteiger charge is 2.31. The van der Waals surface area contributed by atoms with E-state index in [1.165, 1.54) is 0 Å². The molecule has 2 aliphatic heterocycles. The lowest BCUT2D eigenvalue weighted by Crippen LogP contribution is -2.48. The molecule has 0 aromatic heterocycles. The van der Waals surface area contributed by atoms with Gasteiger partial charge in [0.1, 0.15) is 0 Å². The molecule has 2 heterocycles. The number of amides is 2. The monoisotopic (exact) mass is 281 g/mol. The number of carbonyl (C=O) groups is 2. The molecular formula is C15H27N3O2. The molecule has 0 aromatic rings. The number of hydrogen-bond donors (Lipinski definition) is 0. The average molecular weight is 281 g/mol. The van der Waals surface area contributed by atoms with Crippen molar-refractivity contribution in [1.29, 1.82) is 0 Å². The van der Waals surface area contributed by atoms with Crippen molar-refractivity contribution in [2.75, 3.05) is 39.3 Å². The first-order valence-electron chi connectivity index (χ1n) is 7.95. The molecule has 0 spiro atoms. The van der Waals surface area contributed by atoms with Crippen molar-refractivity contribution in [2.24, 2.45) is 0 Å². The van der Waals surface area contributed by atoms with E-state index in [4.69, 9.17) is 0 Å². The predicted molar refractivity (Wildman–Crippen MR) is 78.3 cm³/mol. The molecule has 0 atom stereocenters. The van der Waals surface area contributed by atoms with Crippen LogP contribution in [0.4, 0.5) is 0 Å². The van der Waals surface area contributed by atoms with E-state index >= 15 is 0 Å². The Labute approximate surface area is 121 Å². The van der Waals surface area contributed by atoms with E-state index in [1.807, 2.05) is 18.7 Å². The van der Waals surface area contributed by atoms with E-state index in [0.717, 1.165) is 58.4 Å². The maximum Gasteiger partial charge on any atom is 0.236 e. The summed E-state index contributed by atoms with van der Waals surface area (Å²) in [7, 11) is 0. The molecule has 0 bridgehead atoms. The zero-order valence-electron chi connectivity index (χ0n) is 12.8. The summed E-state index contributed by atoms with van der Waals surface area (Å²) < 4.78 is 0. The Balaban J connectivity index is 1.76. The zero-order valence-corrected chi connectivity index (χ0v) is 12.8. The van der Waals surface area contributed by atoms with E-state index in [-0.39, 0.29) is 5.91 Å². The highest BCUT2D eigenvalue weighted by atomic mass is 16.2. The minimum absolute atomic E-state index is 0.227. The minimum Gasteiger partial charge on any atom is -0.342 e. The van der Waals surface area contributed by atoms with Gasteiger partial charge in [0.25, 0.3) is 0 Å². The molecule has 0 saturated carbocycles. The lowest BCUT2D eigenvalue weighted by Gasteiger charge is -2.37. The van der Waals surface area contributed by atoms with Crippen LogP contribution in [-0.2, 0) is 9.59 Å². The Kier molecular flexibility index (Phi) is 5.40. The summed E-state index contributed by atoms with van der Waals surface area (Å²) in [6.07, 6.45) is 3.76. The summed E-state index contributed by atoms with van der Waals surface area (Å²) in [6, 6.07) is 0.407. The number of carbonyl (C=O) groups excluding carboxylic acids is 2. The van der Waals surface area contributed by atoms with Gasteiger partial charge in [-0.25, -0.2) is 0 Å². The SMILES string of the molecule is CCN(CC)C(=O)CN1CCC(N2CCCC2=O)CC1. The highest BCUT2D eigenvalue weighted by Crippen LogP contribution is 2.21. The molecule has 2 rings (SSSR count). The number of likely N-dealkylation sites (N-methyl/N-ethyl adjacent to an activating group) is 1. The average Bonchev–Trinajstić information content (AvgIpc) is 2.87. The normalized spacial score (nSPS) is 21.5. The molecule has 2 amide bonds. The zero-order chi connectivity index (χ0) is 14.5. The maximum atomic E-state index is 12.1. The Morgan fingerprint density at radius 3 is 2.35 bits per heavy atom. The first-order valence-corrected chi connectivity index (χ1v) is 7.95. The van der Waals surface area contributed by atoms with E-state index < -0.39 is 0 Å². The molecule has 114 valence electrons. The van der Waals surface area contributed by atoms with E-state index in [9.17, 15) is 9.59 Å². The second-order valence-corrected chi connectivity index (χ2v) is 5.76. The fraction of sp³-hybridized carbons (Fsp3) is 0.867. The van der Waals surface area contributed by atoms with Gasteiger partial charge in [-0.05, 0) is 33.1 Å². The second kappa shape index (κ2) is 7.07. The number of nitrogens with zero attached hydrogens (tertiary/aromatic N) is 3. The maximum absolute atomic E-state index is 12.1. The Hall–Kier alpha value is -1.10. The van der Waals surface area contributed by atoms with Crippen molar-refractivity contribution in [1.82, 2.24) is 14.7 Å². The van der Waals surface area contributed by atoms with Crippen LogP contribution in [0.5, 0.6) is 0 Å². The van der Waals surface area contributed by atoms with Crippen LogP contribution in [0.2, 0.25) is 0 Å². The van der Waals surface area contributed by atoms with Gasteiger partial charge in [-0.1, -0.05) is 0 Å². The lowest BCUT2D eigenvalue weighted by atomic mass is 10.0. The number of rotatable bonds is 5. The summed E-state index contributed by atoms with van der Waals surface area (Å²) in [6.45, 7) is 8.94. The van der Waals surface area contributed by atoms with Gasteiger partial charge < -0.3 is 9.80 Å². The molecule has 2 aliphatic rings. The third-order valence-corrected chi connectivity index (χ3v) is 4.58. The second-order valence-electron chi connectivity index (χ2n) is 5.76. The highest BCUT2D eigenvalue weighted by molar-refractivity contribution is 5.79. The van der Waals surface area contributed by atoms with Gasteiger partial charge >= 0.3 is 0 Å². The molecule has 5 heteroatoms. The van der Waals surface area contributed by atoms with Crippen molar-refractivity contribution < 1.29 is 9.59 Å². The molecule has 0 aromatic carbocycles. The van der Waals surface area contributed by atoms with E-state index in [0.29, 0.717) is 18.5 Å². The van der Waals surface area contributed by atoms with Gasteiger partial charge in [-0.3, -0.25) is 14.5 Å². The van der Waals surface area contributed by atoms with Crippen LogP contribution in [0.1, 0.15) is 39.5 Å². The summed E-state index contributed by atoms with van der Waals surface area (Å²) in [5.41, 5.74) is 0. The fourth-order valence-corrected chi connectivity index (χ4v) is 3.31. The van der Waals surface area contributed by atoms with Gasteiger partial charge in [0.2, 0.25) is 11.8 Å². The summed E-state index contributed by atoms with van der Waals surface area (Å²) in [5.74, 6) is 0.549. The largest absolute Gasteiger partial charge is 0.342 e. The van der Waals surface area contributed by atoms with Gasteiger partial charge in [0, 0.05) is 45.2 Å². The lowest BCUT2D eigenvalue weighted by molar-refractivity contribution is -0.134. The van der Waals surface area contributed by atoms with Crippen molar-refractivity contribution in [3.8, 4) is 0 Å². The predicted octanol–water partition coefficient (Wildman–Crippen LogP) is 0.942. The molecule has 0 radical (unpaired) electrons. The molecular weight excluding hydrogens is 254 g/mol. The number of piperidine rings is 1. The first kappa shape index (κ1) is 15.3. The quantitative estimate of drug-likeness (QED) is 0.753. The fourth-order valence-electron chi connectivity index (χ4n) is 3.31. The van der Waals surface area contributed by atoms with Crippen LogP contribution in [-0.4, -0.2) is 71.8 Å². The van der Waals surface area contributed by atoms with Gasteiger partial charge in [0.15, 0.2) is 0 Å². The third-order valence-electron chi connectivity index (χ3n) is 4.58. The molecule has 2 saturated heterocycles. The van der Waals surface area contributed by atoms with Crippen molar-refractivity contribution >= 4 is 11.8 Å². The number of hydrogen-bond acceptors (Lipinski definition) is 3. The first-order chi connectivity index (χ1) is 9.65. The van der Waals surface area contributed by atoms with Crippen LogP contribution in [0.15, 0.2) is 0 Å². The van der Waals surface area contributed by atoms with Gasteiger partial charge in [-0.2, -0.15) is 0 Å². The van der Waals surface area contributed by atoms with Crippen molar-refractivity contribution in [2.45, 2.75) is 45.6 Å². The molecule has 5 nitrogen and oxygen atoms in total. The molecule has 20 heavy (non-hydrogen) atoms. The van der Waals surface area contributed by atoms with Crippen LogP contribution < -0.4 is 0 Å². The van der Waals surface area contributed by atoms with Crippen molar-refractivity contribution in [3.63, 3.8) is 0 Å². The Morgan fingerprint density at radius 2 is 1.85 bits per heavy atom. The summed E-state index contributed by atoms with van der Waals surface area (Å²) in [4.78, 5) is 30.0. The van der Waals surface area contributed by atoms with E-state index in [2.05, 4.69) is 9.80 Å². The smallest absolute Gasteiger partial charge is 0.236 e. The molecule has 0 unspecified atom stereocenters. The molecule has 0 N–H and O–H groups in total. The Bertz CT molecular complexity index is 347. The minimum atomic E-state index is 0.227. The van der Waals surface area contributed by atoms with Gasteiger partial charge in [-0.15, -0.1) is 0 Å². The third kappa shape index (κ3) is 3.51. The number of likely N-dealkylation sites (tertiary alicyclic amines) is 2. The van der Waals surface area contributed by atoms with Crippen molar-refractivity contribution in [3.05, 3.63) is 0 Å². The van der Waals surface area contributed by atoms with Crippen LogP contribution >= 0.6 is 0 Å². The van der Waals surface area contributed by atoms with E-state index in [1.54, 1.807) is 0 Å². The van der Waals surface area contributed by atoms with Crippen LogP contribution in [0.25, 0.3) is 0 Å². The topological polar surface area (TPSA) is 43.9 Å². The van der Waals surface area contributed by atoms with Crippen LogP contribution in [0, 0.1) is 0 Å². The molecule has 0 aliphatic carbocycles. The summed E-state index contributed by atoms with van der Waals surface area (Å²) >= 11 is 0. The van der Waals surface area contributed by atoms with Crippen LogP contribution in [0.3, 0.4) is 0 Å².